The van der Waals surface area contributed by atoms with Gasteiger partial charge in [0.25, 0.3) is 0 Å². The van der Waals surface area contributed by atoms with Crippen LogP contribution in [0, 0.1) is 17.2 Å². The Bertz CT molecular complexity index is 653. The number of carbonyl (C=O) groups excluding carboxylic acids is 1. The van der Waals surface area contributed by atoms with Crippen LogP contribution in [-0.4, -0.2) is 31.6 Å². The average molecular weight is 300 g/mol. The molecular weight excluding hydrogens is 290 g/mol. The summed E-state index contributed by atoms with van der Waals surface area (Å²) in [6.45, 7) is 0.205. The molecule has 0 bridgehead atoms. The zero-order chi connectivity index (χ0) is 14.0. The summed E-state index contributed by atoms with van der Waals surface area (Å²) in [6.07, 6.45) is 1.57. The van der Waals surface area contributed by atoms with Gasteiger partial charge < -0.3 is 0 Å². The average Bonchev–Trinajstić information content (AvgIpc) is 2.67. The van der Waals surface area contributed by atoms with Gasteiger partial charge in [0.15, 0.2) is 5.82 Å². The Kier molecular flexibility index (Phi) is 3.73. The minimum atomic E-state index is -3.64. The second-order valence-electron chi connectivity index (χ2n) is 4.27. The topological polar surface area (TPSA) is 91.1 Å². The number of rotatable bonds is 3. The van der Waals surface area contributed by atoms with E-state index in [0.717, 1.165) is 0 Å². The van der Waals surface area contributed by atoms with Gasteiger partial charge >= 0.3 is 0 Å². The highest BCUT2D eigenvalue weighted by atomic mass is 35.7. The van der Waals surface area contributed by atoms with E-state index in [1.807, 2.05) is 6.07 Å². The number of halogens is 1. The van der Waals surface area contributed by atoms with Gasteiger partial charge in [0, 0.05) is 35.8 Å². The molecule has 1 fully saturated rings. The molecule has 0 radical (unpaired) electrons. The fraction of sp³-hybridized carbons (Fsp3) is 0.364. The molecule has 2 rings (SSSR count). The number of carbonyl (C=O) groups is 1. The molecule has 0 N–H and O–H groups in total. The summed E-state index contributed by atoms with van der Waals surface area (Å²) in [7, 11) is 1.54. The number of nitrogens with zero attached hydrogens (tertiary/aromatic N) is 3. The van der Waals surface area contributed by atoms with E-state index < -0.39 is 9.05 Å². The van der Waals surface area contributed by atoms with E-state index in [0.29, 0.717) is 0 Å². The van der Waals surface area contributed by atoms with Crippen LogP contribution < -0.4 is 4.90 Å². The molecule has 19 heavy (non-hydrogen) atoms. The lowest BCUT2D eigenvalue weighted by atomic mass is 10.1. The predicted octanol–water partition coefficient (Wildman–Crippen LogP) is 0.875. The summed E-state index contributed by atoms with van der Waals surface area (Å²) in [5.41, 5.74) is 0.283. The molecule has 1 aliphatic heterocycles. The highest BCUT2D eigenvalue weighted by Gasteiger charge is 2.34. The maximum atomic E-state index is 11.9. The number of anilines is 1. The molecule has 6 nitrogen and oxygen atoms in total. The Balaban J connectivity index is 2.24. The van der Waals surface area contributed by atoms with Crippen molar-refractivity contribution in [3.8, 4) is 6.07 Å². The van der Waals surface area contributed by atoms with E-state index in [-0.39, 0.29) is 41.9 Å². The Morgan fingerprint density at radius 3 is 2.95 bits per heavy atom. The van der Waals surface area contributed by atoms with Crippen molar-refractivity contribution in [2.24, 2.45) is 5.92 Å². The molecule has 1 aromatic rings. The molecule has 1 atom stereocenters. The van der Waals surface area contributed by atoms with Gasteiger partial charge in [-0.2, -0.15) is 5.26 Å². The van der Waals surface area contributed by atoms with Crippen molar-refractivity contribution >= 4 is 31.5 Å². The van der Waals surface area contributed by atoms with Gasteiger partial charge in [-0.15, -0.1) is 0 Å². The van der Waals surface area contributed by atoms with E-state index in [1.165, 1.54) is 11.1 Å². The monoisotopic (exact) mass is 299 g/mol. The molecule has 0 saturated carbocycles. The van der Waals surface area contributed by atoms with Crippen LogP contribution in [0.5, 0.6) is 0 Å². The summed E-state index contributed by atoms with van der Waals surface area (Å²) in [5, 5.41) is 8.97. The molecular formula is C11H10ClN3O3S. The van der Waals surface area contributed by atoms with Crippen LogP contribution in [0.2, 0.25) is 0 Å². The van der Waals surface area contributed by atoms with Crippen LogP contribution in [0.3, 0.4) is 0 Å². The summed E-state index contributed by atoms with van der Waals surface area (Å²) >= 11 is 0. The molecule has 0 spiro atoms. The van der Waals surface area contributed by atoms with Crippen molar-refractivity contribution in [2.75, 3.05) is 17.2 Å². The Hall–Kier alpha value is -1.65. The van der Waals surface area contributed by atoms with Crippen LogP contribution in [-0.2, 0) is 13.8 Å². The fourth-order valence-corrected chi connectivity index (χ4v) is 3.40. The number of aromatic nitrogens is 1. The standard InChI is InChI=1S/C11H10ClN3O3S/c12-19(17,18)7-8-4-10(16)15(6-8)11-9(5-13)2-1-3-14-11/h1-3,8H,4,6-7H2. The van der Waals surface area contributed by atoms with Gasteiger partial charge in [-0.1, -0.05) is 0 Å². The van der Waals surface area contributed by atoms with Gasteiger partial charge in [-0.05, 0) is 12.1 Å². The third-order valence-electron chi connectivity index (χ3n) is 2.80. The second kappa shape index (κ2) is 5.15. The van der Waals surface area contributed by atoms with Crippen LogP contribution in [0.25, 0.3) is 0 Å². The molecule has 0 aliphatic carbocycles. The van der Waals surface area contributed by atoms with Crippen molar-refractivity contribution in [3.05, 3.63) is 23.9 Å². The normalized spacial score (nSPS) is 19.5. The number of pyridine rings is 1. The Labute approximate surface area is 115 Å². The molecule has 1 unspecified atom stereocenters. The third-order valence-corrected chi connectivity index (χ3v) is 4.05. The maximum absolute atomic E-state index is 11.9. The van der Waals surface area contributed by atoms with Crippen LogP contribution in [0.4, 0.5) is 5.82 Å². The fourth-order valence-electron chi connectivity index (χ4n) is 2.08. The highest BCUT2D eigenvalue weighted by Crippen LogP contribution is 2.27. The minimum absolute atomic E-state index is 0.0907. The molecule has 1 aliphatic rings. The predicted molar refractivity (Wildman–Crippen MR) is 69.1 cm³/mol. The highest BCUT2D eigenvalue weighted by molar-refractivity contribution is 8.13. The summed E-state index contributed by atoms with van der Waals surface area (Å²) in [6, 6.07) is 5.11. The summed E-state index contributed by atoms with van der Waals surface area (Å²) < 4.78 is 22.1. The zero-order valence-corrected chi connectivity index (χ0v) is 11.4. The second-order valence-corrected chi connectivity index (χ2v) is 7.09. The van der Waals surface area contributed by atoms with E-state index in [1.54, 1.807) is 12.1 Å². The molecule has 1 amide bonds. The number of amides is 1. The van der Waals surface area contributed by atoms with Gasteiger partial charge in [-0.3, -0.25) is 9.69 Å². The lowest BCUT2D eigenvalue weighted by molar-refractivity contribution is -0.117. The lowest BCUT2D eigenvalue weighted by Gasteiger charge is -2.16. The van der Waals surface area contributed by atoms with Gasteiger partial charge in [0.2, 0.25) is 15.0 Å². The molecule has 1 aromatic heterocycles. The molecule has 0 aromatic carbocycles. The lowest BCUT2D eigenvalue weighted by Crippen LogP contribution is -2.27. The minimum Gasteiger partial charge on any atom is -0.295 e. The van der Waals surface area contributed by atoms with Crippen molar-refractivity contribution < 1.29 is 13.2 Å². The van der Waals surface area contributed by atoms with Crippen molar-refractivity contribution in [2.45, 2.75) is 6.42 Å². The van der Waals surface area contributed by atoms with E-state index >= 15 is 0 Å². The van der Waals surface area contributed by atoms with E-state index in [9.17, 15) is 13.2 Å². The first kappa shape index (κ1) is 13.8. The van der Waals surface area contributed by atoms with Crippen LogP contribution in [0.15, 0.2) is 18.3 Å². The zero-order valence-electron chi connectivity index (χ0n) is 9.78. The first-order valence-corrected chi connectivity index (χ1v) is 7.96. The first-order valence-electron chi connectivity index (χ1n) is 5.48. The number of hydrogen-bond donors (Lipinski definition) is 0. The molecule has 2 heterocycles. The Morgan fingerprint density at radius 2 is 2.32 bits per heavy atom. The smallest absolute Gasteiger partial charge is 0.232 e. The Morgan fingerprint density at radius 1 is 1.58 bits per heavy atom. The third kappa shape index (κ3) is 3.22. The van der Waals surface area contributed by atoms with Crippen molar-refractivity contribution in [1.29, 1.82) is 5.26 Å². The van der Waals surface area contributed by atoms with Gasteiger partial charge in [0.05, 0.1) is 11.3 Å². The van der Waals surface area contributed by atoms with Crippen molar-refractivity contribution in [1.82, 2.24) is 4.98 Å². The SMILES string of the molecule is N#Cc1cccnc1N1CC(CS(=O)(=O)Cl)CC1=O. The van der Waals surface area contributed by atoms with E-state index in [4.69, 9.17) is 15.9 Å². The van der Waals surface area contributed by atoms with Gasteiger partial charge in [-0.25, -0.2) is 13.4 Å². The van der Waals surface area contributed by atoms with Crippen LogP contribution in [0.1, 0.15) is 12.0 Å². The largest absolute Gasteiger partial charge is 0.295 e. The molecule has 8 heteroatoms. The first-order chi connectivity index (χ1) is 8.90. The van der Waals surface area contributed by atoms with Crippen molar-refractivity contribution in [3.63, 3.8) is 0 Å². The number of nitriles is 1. The molecule has 1 saturated heterocycles. The summed E-state index contributed by atoms with van der Waals surface area (Å²) in [4.78, 5) is 17.2. The van der Waals surface area contributed by atoms with Crippen LogP contribution >= 0.6 is 10.7 Å². The van der Waals surface area contributed by atoms with Gasteiger partial charge in [0.1, 0.15) is 6.07 Å². The maximum Gasteiger partial charge on any atom is 0.232 e. The molecule has 100 valence electrons. The van der Waals surface area contributed by atoms with E-state index in [2.05, 4.69) is 4.98 Å². The summed E-state index contributed by atoms with van der Waals surface area (Å²) in [5.74, 6) is -0.612. The quantitative estimate of drug-likeness (QED) is 0.773. The number of hydrogen-bond acceptors (Lipinski definition) is 5.